The molecule has 1 aliphatic carbocycles. The molecule has 98 valence electrons. The van der Waals surface area contributed by atoms with Crippen molar-refractivity contribution in [2.24, 2.45) is 5.92 Å². The van der Waals surface area contributed by atoms with E-state index >= 15 is 0 Å². The van der Waals surface area contributed by atoms with Gasteiger partial charge in [-0.05, 0) is 31.2 Å². The maximum Gasteiger partial charge on any atom is 0.311 e. The molecular weight excluding hydrogens is 232 g/mol. The number of nitro benzene ring substituents is 1. The summed E-state index contributed by atoms with van der Waals surface area (Å²) >= 11 is 0. The predicted octanol–water partition coefficient (Wildman–Crippen LogP) is 3.20. The summed E-state index contributed by atoms with van der Waals surface area (Å²) in [6.07, 6.45) is 3.54. The number of nitrogens with one attached hydrogen (secondary N) is 1. The molecule has 0 aliphatic heterocycles. The molecule has 0 aromatic heterocycles. The van der Waals surface area contributed by atoms with Crippen LogP contribution in [0.3, 0.4) is 0 Å². The first-order chi connectivity index (χ1) is 8.60. The summed E-state index contributed by atoms with van der Waals surface area (Å²) in [4.78, 5) is 10.4. The second-order valence-corrected chi connectivity index (χ2v) is 4.90. The Morgan fingerprint density at radius 3 is 2.78 bits per heavy atom. The standard InChI is InChI=1S/C13H18N2O3/c1-9-3-4-10(7-9)14-11-5-6-12(15(16)17)13(8-11)18-2/h5-6,8-10,14H,3-4,7H2,1-2H3. The predicted molar refractivity (Wildman–Crippen MR) is 70.1 cm³/mol. The molecule has 0 saturated heterocycles. The largest absolute Gasteiger partial charge is 0.490 e. The van der Waals surface area contributed by atoms with Crippen LogP contribution in [0.4, 0.5) is 11.4 Å². The van der Waals surface area contributed by atoms with Crippen LogP contribution in [0.2, 0.25) is 0 Å². The topological polar surface area (TPSA) is 64.4 Å². The van der Waals surface area contributed by atoms with Crippen LogP contribution in [0.1, 0.15) is 26.2 Å². The first kappa shape index (κ1) is 12.7. The third-order valence-corrected chi connectivity index (χ3v) is 3.44. The lowest BCUT2D eigenvalue weighted by atomic mass is 10.1. The molecule has 1 aromatic carbocycles. The fourth-order valence-corrected chi connectivity index (χ4v) is 2.49. The first-order valence-electron chi connectivity index (χ1n) is 6.19. The summed E-state index contributed by atoms with van der Waals surface area (Å²) in [5.74, 6) is 1.05. The number of ether oxygens (including phenoxy) is 1. The summed E-state index contributed by atoms with van der Waals surface area (Å²) in [5, 5.41) is 14.2. The number of anilines is 1. The van der Waals surface area contributed by atoms with Crippen LogP contribution in [0.5, 0.6) is 5.75 Å². The van der Waals surface area contributed by atoms with Gasteiger partial charge in [-0.3, -0.25) is 10.1 Å². The highest BCUT2D eigenvalue weighted by atomic mass is 16.6. The van der Waals surface area contributed by atoms with Gasteiger partial charge in [0.1, 0.15) is 0 Å². The molecule has 1 fully saturated rings. The Kier molecular flexibility index (Phi) is 3.69. The number of rotatable bonds is 4. The van der Waals surface area contributed by atoms with E-state index in [0.29, 0.717) is 11.8 Å². The monoisotopic (exact) mass is 250 g/mol. The van der Waals surface area contributed by atoms with Gasteiger partial charge in [0, 0.05) is 23.9 Å². The van der Waals surface area contributed by atoms with E-state index in [2.05, 4.69) is 12.2 Å². The van der Waals surface area contributed by atoms with Crippen LogP contribution in [0.25, 0.3) is 0 Å². The number of hydrogen-bond acceptors (Lipinski definition) is 4. The molecule has 18 heavy (non-hydrogen) atoms. The quantitative estimate of drug-likeness (QED) is 0.658. The fraction of sp³-hybridized carbons (Fsp3) is 0.538. The zero-order valence-corrected chi connectivity index (χ0v) is 10.7. The lowest BCUT2D eigenvalue weighted by Crippen LogP contribution is -2.15. The van der Waals surface area contributed by atoms with Crippen molar-refractivity contribution in [2.45, 2.75) is 32.2 Å². The Morgan fingerprint density at radius 1 is 1.44 bits per heavy atom. The van der Waals surface area contributed by atoms with E-state index in [4.69, 9.17) is 4.74 Å². The van der Waals surface area contributed by atoms with E-state index in [0.717, 1.165) is 24.4 Å². The van der Waals surface area contributed by atoms with Gasteiger partial charge in [0.15, 0.2) is 5.75 Å². The third kappa shape index (κ3) is 2.72. The van der Waals surface area contributed by atoms with Crippen LogP contribution in [-0.4, -0.2) is 18.1 Å². The molecule has 1 aliphatic rings. The lowest BCUT2D eigenvalue weighted by molar-refractivity contribution is -0.385. The maximum atomic E-state index is 10.8. The van der Waals surface area contributed by atoms with Crippen molar-refractivity contribution < 1.29 is 9.66 Å². The Labute approximate surface area is 106 Å². The van der Waals surface area contributed by atoms with Crippen LogP contribution in [0.15, 0.2) is 18.2 Å². The fourth-order valence-electron chi connectivity index (χ4n) is 2.49. The van der Waals surface area contributed by atoms with Crippen LogP contribution >= 0.6 is 0 Å². The van der Waals surface area contributed by atoms with Crippen molar-refractivity contribution in [3.63, 3.8) is 0 Å². The number of methoxy groups -OCH3 is 1. The molecule has 0 radical (unpaired) electrons. The molecule has 5 heteroatoms. The molecule has 0 heterocycles. The van der Waals surface area contributed by atoms with Gasteiger partial charge in [0.2, 0.25) is 0 Å². The van der Waals surface area contributed by atoms with E-state index in [1.165, 1.54) is 19.6 Å². The molecule has 0 amide bonds. The minimum atomic E-state index is -0.430. The molecule has 2 rings (SSSR count). The van der Waals surface area contributed by atoms with Gasteiger partial charge in [-0.1, -0.05) is 6.92 Å². The van der Waals surface area contributed by atoms with Crippen LogP contribution < -0.4 is 10.1 Å². The highest BCUT2D eigenvalue weighted by molar-refractivity contribution is 5.58. The number of benzene rings is 1. The lowest BCUT2D eigenvalue weighted by Gasteiger charge is -2.14. The summed E-state index contributed by atoms with van der Waals surface area (Å²) in [6, 6.07) is 5.38. The second kappa shape index (κ2) is 5.25. The summed E-state index contributed by atoms with van der Waals surface area (Å²) < 4.78 is 5.05. The van der Waals surface area contributed by atoms with Gasteiger partial charge in [-0.2, -0.15) is 0 Å². The average molecular weight is 250 g/mol. The molecule has 0 spiro atoms. The molecule has 1 aromatic rings. The Hall–Kier alpha value is -1.78. The highest BCUT2D eigenvalue weighted by Crippen LogP contribution is 2.32. The molecule has 1 saturated carbocycles. The van der Waals surface area contributed by atoms with E-state index in [1.807, 2.05) is 0 Å². The first-order valence-corrected chi connectivity index (χ1v) is 6.19. The second-order valence-electron chi connectivity index (χ2n) is 4.90. The maximum absolute atomic E-state index is 10.8. The van der Waals surface area contributed by atoms with Crippen molar-refractivity contribution in [1.82, 2.24) is 0 Å². The van der Waals surface area contributed by atoms with E-state index < -0.39 is 4.92 Å². The minimum absolute atomic E-state index is 0.00263. The van der Waals surface area contributed by atoms with Crippen molar-refractivity contribution in [3.8, 4) is 5.75 Å². The number of hydrogen-bond donors (Lipinski definition) is 1. The molecule has 2 atom stereocenters. The highest BCUT2D eigenvalue weighted by Gasteiger charge is 2.22. The summed E-state index contributed by atoms with van der Waals surface area (Å²) in [6.45, 7) is 2.25. The summed E-state index contributed by atoms with van der Waals surface area (Å²) in [5.41, 5.74) is 0.888. The molecule has 0 bridgehead atoms. The van der Waals surface area contributed by atoms with Gasteiger partial charge in [-0.25, -0.2) is 0 Å². The van der Waals surface area contributed by atoms with Crippen molar-refractivity contribution in [3.05, 3.63) is 28.3 Å². The molecule has 5 nitrogen and oxygen atoms in total. The van der Waals surface area contributed by atoms with E-state index in [-0.39, 0.29) is 5.69 Å². The third-order valence-electron chi connectivity index (χ3n) is 3.44. The summed E-state index contributed by atoms with van der Waals surface area (Å²) in [7, 11) is 1.45. The minimum Gasteiger partial charge on any atom is -0.490 e. The van der Waals surface area contributed by atoms with Crippen LogP contribution in [0, 0.1) is 16.0 Å². The van der Waals surface area contributed by atoms with E-state index in [1.54, 1.807) is 12.1 Å². The van der Waals surface area contributed by atoms with Gasteiger partial charge in [-0.15, -0.1) is 0 Å². The average Bonchev–Trinajstić information content (AvgIpc) is 2.74. The zero-order valence-electron chi connectivity index (χ0n) is 10.7. The molecular formula is C13H18N2O3. The zero-order chi connectivity index (χ0) is 13.1. The van der Waals surface area contributed by atoms with Gasteiger partial charge in [0.25, 0.3) is 0 Å². The number of nitrogens with zero attached hydrogens (tertiary/aromatic N) is 1. The SMILES string of the molecule is COc1cc(NC2CCC(C)C2)ccc1[N+](=O)[O-]. The number of nitro groups is 1. The smallest absolute Gasteiger partial charge is 0.311 e. The Morgan fingerprint density at radius 2 is 2.22 bits per heavy atom. The molecule has 1 N–H and O–H groups in total. The van der Waals surface area contributed by atoms with Crippen LogP contribution in [-0.2, 0) is 0 Å². The van der Waals surface area contributed by atoms with Crippen molar-refractivity contribution >= 4 is 11.4 Å². The van der Waals surface area contributed by atoms with Crippen molar-refractivity contribution in [2.75, 3.05) is 12.4 Å². The van der Waals surface area contributed by atoms with Gasteiger partial charge >= 0.3 is 5.69 Å². The Bertz CT molecular complexity index is 448. The van der Waals surface area contributed by atoms with Gasteiger partial charge in [0.05, 0.1) is 12.0 Å². The van der Waals surface area contributed by atoms with Gasteiger partial charge < -0.3 is 10.1 Å². The Balaban J connectivity index is 2.12. The molecule has 2 unspecified atom stereocenters. The van der Waals surface area contributed by atoms with Crippen molar-refractivity contribution in [1.29, 1.82) is 0 Å². The van der Waals surface area contributed by atoms with E-state index in [9.17, 15) is 10.1 Å². The normalized spacial score (nSPS) is 22.8.